The Morgan fingerprint density at radius 1 is 1.00 bits per heavy atom. The molecule has 0 aromatic rings. The zero-order valence-electron chi connectivity index (χ0n) is 9.43. The van der Waals surface area contributed by atoms with E-state index >= 15 is 0 Å². The monoisotopic (exact) mass is 184 g/mol. The number of hydrogen-bond acceptors (Lipinski definition) is 2. The Bertz CT molecular complexity index is 127. The van der Waals surface area contributed by atoms with Crippen molar-refractivity contribution in [1.82, 2.24) is 10.6 Å². The highest BCUT2D eigenvalue weighted by atomic mass is 15.0. The molecule has 78 valence electrons. The van der Waals surface area contributed by atoms with E-state index in [1.54, 1.807) is 0 Å². The van der Waals surface area contributed by atoms with Crippen molar-refractivity contribution in [3.05, 3.63) is 0 Å². The van der Waals surface area contributed by atoms with Gasteiger partial charge in [0.1, 0.15) is 0 Å². The van der Waals surface area contributed by atoms with Crippen LogP contribution in [0.5, 0.6) is 0 Å². The van der Waals surface area contributed by atoms with E-state index in [1.165, 1.54) is 6.54 Å². The van der Waals surface area contributed by atoms with Gasteiger partial charge in [0.25, 0.3) is 0 Å². The van der Waals surface area contributed by atoms with Gasteiger partial charge in [-0.3, -0.25) is 0 Å². The van der Waals surface area contributed by atoms with E-state index in [0.717, 1.165) is 30.8 Å². The van der Waals surface area contributed by atoms with Gasteiger partial charge < -0.3 is 10.6 Å². The summed E-state index contributed by atoms with van der Waals surface area (Å²) in [6.45, 7) is 12.7. The Hall–Kier alpha value is -0.0800. The van der Waals surface area contributed by atoms with Crippen LogP contribution in [0.2, 0.25) is 0 Å². The minimum absolute atomic E-state index is 0.690. The smallest absolute Gasteiger partial charge is 0.0133 e. The predicted molar refractivity (Wildman–Crippen MR) is 57.8 cm³/mol. The molecule has 0 spiro atoms. The summed E-state index contributed by atoms with van der Waals surface area (Å²) >= 11 is 0. The third-order valence-corrected chi connectivity index (χ3v) is 3.10. The molecule has 1 rings (SSSR count). The van der Waals surface area contributed by atoms with Crippen molar-refractivity contribution in [1.29, 1.82) is 0 Å². The lowest BCUT2D eigenvalue weighted by Gasteiger charge is -2.31. The van der Waals surface area contributed by atoms with Crippen molar-refractivity contribution < 1.29 is 0 Å². The van der Waals surface area contributed by atoms with Crippen LogP contribution in [0.4, 0.5) is 0 Å². The number of nitrogens with one attached hydrogen (secondary N) is 2. The van der Waals surface area contributed by atoms with Gasteiger partial charge in [0.2, 0.25) is 0 Å². The summed E-state index contributed by atoms with van der Waals surface area (Å²) in [5.74, 6) is 2.29. The van der Waals surface area contributed by atoms with Crippen LogP contribution < -0.4 is 10.6 Å². The zero-order chi connectivity index (χ0) is 9.84. The summed E-state index contributed by atoms with van der Waals surface area (Å²) in [5, 5.41) is 7.15. The van der Waals surface area contributed by atoms with Crippen molar-refractivity contribution in [3.63, 3.8) is 0 Å². The van der Waals surface area contributed by atoms with Gasteiger partial charge in [-0.25, -0.2) is 0 Å². The van der Waals surface area contributed by atoms with Crippen LogP contribution in [-0.2, 0) is 0 Å². The van der Waals surface area contributed by atoms with Gasteiger partial charge in [0.05, 0.1) is 0 Å². The van der Waals surface area contributed by atoms with E-state index in [-0.39, 0.29) is 0 Å². The first kappa shape index (κ1) is 11.0. The van der Waals surface area contributed by atoms with E-state index in [0.29, 0.717) is 6.04 Å². The second-order valence-electron chi connectivity index (χ2n) is 4.84. The van der Waals surface area contributed by atoms with Crippen LogP contribution in [0.25, 0.3) is 0 Å². The first-order chi connectivity index (χ1) is 6.13. The second kappa shape index (κ2) is 4.97. The highest BCUT2D eigenvalue weighted by molar-refractivity contribution is 4.85. The molecular weight excluding hydrogens is 160 g/mol. The maximum atomic E-state index is 3.65. The van der Waals surface area contributed by atoms with Crippen molar-refractivity contribution in [2.45, 2.75) is 33.7 Å². The summed E-state index contributed by atoms with van der Waals surface area (Å²) in [7, 11) is 0. The van der Waals surface area contributed by atoms with Crippen LogP contribution in [-0.4, -0.2) is 25.7 Å². The van der Waals surface area contributed by atoms with Crippen LogP contribution in [0.3, 0.4) is 0 Å². The Morgan fingerprint density at radius 3 is 2.23 bits per heavy atom. The third kappa shape index (κ3) is 2.96. The van der Waals surface area contributed by atoms with Crippen LogP contribution >= 0.6 is 0 Å². The Balaban J connectivity index is 2.61. The molecule has 1 aliphatic heterocycles. The fraction of sp³-hybridized carbons (Fsp3) is 1.00. The molecule has 13 heavy (non-hydrogen) atoms. The Kier molecular flexibility index (Phi) is 4.20. The van der Waals surface area contributed by atoms with Gasteiger partial charge in [-0.05, 0) is 24.3 Å². The maximum absolute atomic E-state index is 3.65. The van der Waals surface area contributed by atoms with Gasteiger partial charge in [-0.2, -0.15) is 0 Å². The molecule has 0 aliphatic carbocycles. The molecule has 0 aromatic carbocycles. The molecule has 1 heterocycles. The van der Waals surface area contributed by atoms with Gasteiger partial charge in [0, 0.05) is 19.1 Å². The van der Waals surface area contributed by atoms with E-state index in [1.807, 2.05) is 0 Å². The van der Waals surface area contributed by atoms with Crippen molar-refractivity contribution >= 4 is 0 Å². The minimum atomic E-state index is 0.690. The highest BCUT2D eigenvalue weighted by Gasteiger charge is 2.27. The summed E-state index contributed by atoms with van der Waals surface area (Å²) < 4.78 is 0. The highest BCUT2D eigenvalue weighted by Crippen LogP contribution is 2.21. The Labute approximate surface area is 82.5 Å². The van der Waals surface area contributed by atoms with Gasteiger partial charge in [-0.1, -0.05) is 27.7 Å². The lowest BCUT2D eigenvalue weighted by molar-refractivity contribution is 0.241. The summed E-state index contributed by atoms with van der Waals surface area (Å²) in [4.78, 5) is 0. The fourth-order valence-electron chi connectivity index (χ4n) is 2.25. The molecule has 0 radical (unpaired) electrons. The van der Waals surface area contributed by atoms with E-state index in [9.17, 15) is 0 Å². The van der Waals surface area contributed by atoms with Crippen LogP contribution in [0, 0.1) is 17.8 Å². The summed E-state index contributed by atoms with van der Waals surface area (Å²) in [6.07, 6.45) is 0. The molecule has 2 unspecified atom stereocenters. The van der Waals surface area contributed by atoms with Crippen molar-refractivity contribution in [2.75, 3.05) is 19.6 Å². The molecule has 1 fully saturated rings. The molecule has 0 saturated carbocycles. The standard InChI is InChI=1S/C11H24N2/c1-8(2)10-7-12-5-6-13-11(10)9(3)4/h8-13H,5-7H2,1-4H3. The molecule has 1 saturated heterocycles. The number of hydrogen-bond donors (Lipinski definition) is 2. The topological polar surface area (TPSA) is 24.1 Å². The van der Waals surface area contributed by atoms with Crippen molar-refractivity contribution in [3.8, 4) is 0 Å². The fourth-order valence-corrected chi connectivity index (χ4v) is 2.25. The van der Waals surface area contributed by atoms with Gasteiger partial charge >= 0.3 is 0 Å². The summed E-state index contributed by atoms with van der Waals surface area (Å²) in [5.41, 5.74) is 0. The molecule has 2 N–H and O–H groups in total. The first-order valence-electron chi connectivity index (χ1n) is 5.57. The molecule has 0 amide bonds. The zero-order valence-corrected chi connectivity index (χ0v) is 9.43. The predicted octanol–water partition coefficient (Wildman–Crippen LogP) is 1.48. The maximum Gasteiger partial charge on any atom is 0.0133 e. The average molecular weight is 184 g/mol. The quantitative estimate of drug-likeness (QED) is 0.679. The van der Waals surface area contributed by atoms with E-state index < -0.39 is 0 Å². The lowest BCUT2D eigenvalue weighted by Crippen LogP contribution is -2.43. The van der Waals surface area contributed by atoms with E-state index in [2.05, 4.69) is 38.3 Å². The largest absolute Gasteiger partial charge is 0.315 e. The first-order valence-corrected chi connectivity index (χ1v) is 5.57. The molecule has 0 bridgehead atoms. The third-order valence-electron chi connectivity index (χ3n) is 3.10. The Morgan fingerprint density at radius 2 is 1.69 bits per heavy atom. The normalized spacial score (nSPS) is 30.9. The van der Waals surface area contributed by atoms with Gasteiger partial charge in [-0.15, -0.1) is 0 Å². The molecule has 2 heteroatoms. The SMILES string of the molecule is CC(C)C1CNCCNC1C(C)C. The average Bonchev–Trinajstić information content (AvgIpc) is 2.27. The second-order valence-corrected chi connectivity index (χ2v) is 4.84. The van der Waals surface area contributed by atoms with Gasteiger partial charge in [0.15, 0.2) is 0 Å². The lowest BCUT2D eigenvalue weighted by atomic mass is 9.83. The van der Waals surface area contributed by atoms with Crippen molar-refractivity contribution in [2.24, 2.45) is 17.8 Å². The molecule has 1 aliphatic rings. The summed E-state index contributed by atoms with van der Waals surface area (Å²) in [6, 6.07) is 0.690. The number of rotatable bonds is 2. The molecule has 2 nitrogen and oxygen atoms in total. The van der Waals surface area contributed by atoms with Crippen LogP contribution in [0.1, 0.15) is 27.7 Å². The molecular formula is C11H24N2. The molecule has 0 aromatic heterocycles. The van der Waals surface area contributed by atoms with E-state index in [4.69, 9.17) is 0 Å². The van der Waals surface area contributed by atoms with Crippen LogP contribution in [0.15, 0.2) is 0 Å². The minimum Gasteiger partial charge on any atom is -0.315 e. The molecule has 2 atom stereocenters.